The molecule has 4 heteroatoms. The standard InChI is InChI=1S/C16H23NO2S/c1-4-17-16(13-7-8-13,15(18)19-3)11-20-14-9-5-12(2)6-10-14/h5-6,9-10,13,17H,4,7-8,11H2,1-3H3. The molecule has 0 heterocycles. The Kier molecular flexibility index (Phi) is 5.11. The first-order valence-electron chi connectivity index (χ1n) is 7.15. The summed E-state index contributed by atoms with van der Waals surface area (Å²) in [5.41, 5.74) is 0.724. The van der Waals surface area contributed by atoms with E-state index in [4.69, 9.17) is 4.74 Å². The van der Waals surface area contributed by atoms with Crippen LogP contribution >= 0.6 is 11.8 Å². The summed E-state index contributed by atoms with van der Waals surface area (Å²) in [6.07, 6.45) is 2.22. The van der Waals surface area contributed by atoms with Gasteiger partial charge in [0.15, 0.2) is 0 Å². The molecule has 0 amide bonds. The van der Waals surface area contributed by atoms with E-state index in [1.54, 1.807) is 11.8 Å². The molecule has 1 aliphatic carbocycles. The molecule has 1 atom stereocenters. The maximum atomic E-state index is 12.3. The largest absolute Gasteiger partial charge is 0.468 e. The zero-order chi connectivity index (χ0) is 14.6. The first-order chi connectivity index (χ1) is 9.62. The highest BCUT2D eigenvalue weighted by molar-refractivity contribution is 7.99. The minimum atomic E-state index is -0.529. The summed E-state index contributed by atoms with van der Waals surface area (Å²) in [5.74, 6) is 1.01. The van der Waals surface area contributed by atoms with Gasteiger partial charge in [0.1, 0.15) is 5.54 Å². The third-order valence-corrected chi connectivity index (χ3v) is 5.01. The number of aryl methyl sites for hydroxylation is 1. The molecule has 0 aliphatic heterocycles. The zero-order valence-corrected chi connectivity index (χ0v) is 13.3. The number of likely N-dealkylation sites (N-methyl/N-ethyl adjacent to an activating group) is 1. The van der Waals surface area contributed by atoms with Gasteiger partial charge in [-0.25, -0.2) is 0 Å². The van der Waals surface area contributed by atoms with Gasteiger partial charge in [-0.3, -0.25) is 4.79 Å². The molecule has 3 nitrogen and oxygen atoms in total. The van der Waals surface area contributed by atoms with Crippen molar-refractivity contribution in [3.63, 3.8) is 0 Å². The average molecular weight is 293 g/mol. The molecule has 0 saturated heterocycles. The van der Waals surface area contributed by atoms with Crippen LogP contribution in [0.3, 0.4) is 0 Å². The summed E-state index contributed by atoms with van der Waals surface area (Å²) in [5, 5.41) is 3.40. The van der Waals surface area contributed by atoms with Crippen LogP contribution in [0.5, 0.6) is 0 Å². The third kappa shape index (κ3) is 3.36. The van der Waals surface area contributed by atoms with E-state index in [0.29, 0.717) is 5.92 Å². The molecule has 0 bridgehead atoms. The lowest BCUT2D eigenvalue weighted by atomic mass is 9.95. The molecule has 1 fully saturated rings. The Morgan fingerprint density at radius 2 is 2.05 bits per heavy atom. The Balaban J connectivity index is 2.10. The van der Waals surface area contributed by atoms with E-state index in [1.165, 1.54) is 17.6 Å². The lowest BCUT2D eigenvalue weighted by Crippen LogP contribution is -2.56. The molecule has 2 rings (SSSR count). The molecule has 110 valence electrons. The van der Waals surface area contributed by atoms with Crippen LogP contribution in [0.25, 0.3) is 0 Å². The van der Waals surface area contributed by atoms with Crippen molar-refractivity contribution in [2.24, 2.45) is 5.92 Å². The van der Waals surface area contributed by atoms with E-state index >= 15 is 0 Å². The lowest BCUT2D eigenvalue weighted by Gasteiger charge is -2.31. The molecule has 0 aromatic heterocycles. The van der Waals surface area contributed by atoms with Gasteiger partial charge in [0, 0.05) is 10.6 Å². The predicted molar refractivity (Wildman–Crippen MR) is 83.1 cm³/mol. The fraction of sp³-hybridized carbons (Fsp3) is 0.562. The summed E-state index contributed by atoms with van der Waals surface area (Å²) in [6.45, 7) is 4.90. The van der Waals surface area contributed by atoms with Gasteiger partial charge < -0.3 is 10.1 Å². The molecule has 1 saturated carbocycles. The van der Waals surface area contributed by atoms with Crippen LogP contribution in [0.4, 0.5) is 0 Å². The minimum Gasteiger partial charge on any atom is -0.468 e. The van der Waals surface area contributed by atoms with Crippen molar-refractivity contribution in [3.05, 3.63) is 29.8 Å². The molecule has 1 unspecified atom stereocenters. The van der Waals surface area contributed by atoms with Gasteiger partial charge in [-0.2, -0.15) is 0 Å². The number of methoxy groups -OCH3 is 1. The summed E-state index contributed by atoms with van der Waals surface area (Å²) in [4.78, 5) is 13.5. The third-order valence-electron chi connectivity index (χ3n) is 3.80. The number of thioether (sulfide) groups is 1. The van der Waals surface area contributed by atoms with Gasteiger partial charge in [0.25, 0.3) is 0 Å². The molecule has 20 heavy (non-hydrogen) atoms. The molecule has 1 aromatic carbocycles. The van der Waals surface area contributed by atoms with Crippen molar-refractivity contribution in [1.82, 2.24) is 5.32 Å². The Labute approximate surface area is 125 Å². The van der Waals surface area contributed by atoms with E-state index in [1.807, 2.05) is 6.92 Å². The number of hydrogen-bond donors (Lipinski definition) is 1. The number of esters is 1. The van der Waals surface area contributed by atoms with Crippen LogP contribution < -0.4 is 5.32 Å². The Morgan fingerprint density at radius 1 is 1.40 bits per heavy atom. The molecular weight excluding hydrogens is 270 g/mol. The topological polar surface area (TPSA) is 38.3 Å². The van der Waals surface area contributed by atoms with Crippen LogP contribution in [-0.2, 0) is 9.53 Å². The van der Waals surface area contributed by atoms with Crippen LogP contribution in [0.1, 0.15) is 25.3 Å². The van der Waals surface area contributed by atoms with Crippen LogP contribution in [0.15, 0.2) is 29.2 Å². The lowest BCUT2D eigenvalue weighted by molar-refractivity contribution is -0.148. The quantitative estimate of drug-likeness (QED) is 0.619. The summed E-state index contributed by atoms with van der Waals surface area (Å²) in [7, 11) is 1.48. The molecule has 0 spiro atoms. The number of carbonyl (C=O) groups is 1. The normalized spacial score (nSPS) is 17.6. The molecule has 0 radical (unpaired) electrons. The highest BCUT2D eigenvalue weighted by Gasteiger charge is 2.51. The summed E-state index contributed by atoms with van der Waals surface area (Å²) < 4.78 is 5.06. The van der Waals surface area contributed by atoms with Gasteiger partial charge in [-0.1, -0.05) is 24.6 Å². The van der Waals surface area contributed by atoms with Crippen LogP contribution in [0, 0.1) is 12.8 Å². The molecular formula is C16H23NO2S. The number of carbonyl (C=O) groups excluding carboxylic acids is 1. The van der Waals surface area contributed by atoms with Gasteiger partial charge >= 0.3 is 5.97 Å². The van der Waals surface area contributed by atoms with E-state index < -0.39 is 5.54 Å². The second-order valence-electron chi connectivity index (χ2n) is 5.37. The average Bonchev–Trinajstić information content (AvgIpc) is 3.29. The van der Waals surface area contributed by atoms with Gasteiger partial charge in [-0.15, -0.1) is 11.8 Å². The fourth-order valence-electron chi connectivity index (χ4n) is 2.52. The molecule has 1 aliphatic rings. The van der Waals surface area contributed by atoms with Crippen LogP contribution in [-0.4, -0.2) is 30.9 Å². The maximum Gasteiger partial charge on any atom is 0.327 e. The summed E-state index contributed by atoms with van der Waals surface area (Å²) in [6, 6.07) is 8.43. The Morgan fingerprint density at radius 3 is 2.55 bits per heavy atom. The SMILES string of the molecule is CCNC(CSc1ccc(C)cc1)(C(=O)OC)C1CC1. The first-order valence-corrected chi connectivity index (χ1v) is 8.14. The number of rotatable bonds is 7. The van der Waals surface area contributed by atoms with Crippen molar-refractivity contribution < 1.29 is 9.53 Å². The van der Waals surface area contributed by atoms with Crippen molar-refractivity contribution in [2.45, 2.75) is 37.1 Å². The monoisotopic (exact) mass is 293 g/mol. The highest BCUT2D eigenvalue weighted by atomic mass is 32.2. The van der Waals surface area contributed by atoms with Gasteiger partial charge in [0.2, 0.25) is 0 Å². The maximum absolute atomic E-state index is 12.3. The Bertz CT molecular complexity index is 456. The van der Waals surface area contributed by atoms with Crippen molar-refractivity contribution in [1.29, 1.82) is 0 Å². The van der Waals surface area contributed by atoms with E-state index in [0.717, 1.165) is 25.1 Å². The highest BCUT2D eigenvalue weighted by Crippen LogP contribution is 2.43. The predicted octanol–water partition coefficient (Wildman–Crippen LogP) is 3.02. The minimum absolute atomic E-state index is 0.124. The number of nitrogens with one attached hydrogen (secondary N) is 1. The van der Waals surface area contributed by atoms with E-state index in [-0.39, 0.29) is 5.97 Å². The second kappa shape index (κ2) is 6.64. The molecule has 1 aromatic rings. The zero-order valence-electron chi connectivity index (χ0n) is 12.4. The first kappa shape index (κ1) is 15.4. The van der Waals surface area contributed by atoms with Crippen LogP contribution in [0.2, 0.25) is 0 Å². The molecule has 1 N–H and O–H groups in total. The number of benzene rings is 1. The van der Waals surface area contributed by atoms with Crippen molar-refractivity contribution in [2.75, 3.05) is 19.4 Å². The summed E-state index contributed by atoms with van der Waals surface area (Å²) >= 11 is 1.72. The van der Waals surface area contributed by atoms with Gasteiger partial charge in [0.05, 0.1) is 7.11 Å². The van der Waals surface area contributed by atoms with Gasteiger partial charge in [-0.05, 0) is 44.4 Å². The smallest absolute Gasteiger partial charge is 0.327 e. The second-order valence-corrected chi connectivity index (χ2v) is 6.42. The number of ether oxygens (including phenoxy) is 1. The van der Waals surface area contributed by atoms with Crippen molar-refractivity contribution in [3.8, 4) is 0 Å². The fourth-order valence-corrected chi connectivity index (χ4v) is 3.69. The number of hydrogen-bond acceptors (Lipinski definition) is 4. The van der Waals surface area contributed by atoms with E-state index in [9.17, 15) is 4.79 Å². The van der Waals surface area contributed by atoms with E-state index in [2.05, 4.69) is 36.5 Å². The van der Waals surface area contributed by atoms with Crippen molar-refractivity contribution >= 4 is 17.7 Å². The Hall–Kier alpha value is -1.00.